The minimum absolute atomic E-state index is 0.246. The zero-order valence-electron chi connectivity index (χ0n) is 13.5. The van der Waals surface area contributed by atoms with Crippen LogP contribution in [-0.2, 0) is 16.3 Å². The Morgan fingerprint density at radius 3 is 2.59 bits per heavy atom. The average Bonchev–Trinajstić information content (AvgIpc) is 2.92. The first-order valence-electron chi connectivity index (χ1n) is 7.52. The fourth-order valence-electron chi connectivity index (χ4n) is 2.92. The van der Waals surface area contributed by atoms with Gasteiger partial charge < -0.3 is 14.4 Å². The van der Waals surface area contributed by atoms with E-state index in [0.29, 0.717) is 12.5 Å². The predicted molar refractivity (Wildman–Crippen MR) is 87.5 cm³/mol. The van der Waals surface area contributed by atoms with Crippen molar-refractivity contribution in [3.8, 4) is 11.5 Å². The molecule has 6 heteroatoms. The minimum atomic E-state index is -2.88. The van der Waals surface area contributed by atoms with Gasteiger partial charge in [-0.15, -0.1) is 0 Å². The fraction of sp³-hybridized carbons (Fsp3) is 0.625. The molecule has 1 unspecified atom stereocenters. The number of benzene rings is 1. The Morgan fingerprint density at radius 2 is 1.95 bits per heavy atom. The molecule has 0 bridgehead atoms. The Kier molecular flexibility index (Phi) is 5.69. The number of likely N-dealkylation sites (tertiary alicyclic amines) is 1. The van der Waals surface area contributed by atoms with Crippen LogP contribution in [0.3, 0.4) is 0 Å². The number of rotatable bonds is 7. The molecule has 0 amide bonds. The molecule has 0 saturated carbocycles. The third-order valence-electron chi connectivity index (χ3n) is 4.12. The van der Waals surface area contributed by atoms with Crippen LogP contribution in [-0.4, -0.2) is 59.2 Å². The summed E-state index contributed by atoms with van der Waals surface area (Å²) in [5.74, 6) is 2.31. The van der Waals surface area contributed by atoms with Gasteiger partial charge in [-0.3, -0.25) is 0 Å². The summed E-state index contributed by atoms with van der Waals surface area (Å²) < 4.78 is 33.1. The van der Waals surface area contributed by atoms with E-state index in [1.807, 2.05) is 12.1 Å². The van der Waals surface area contributed by atoms with Crippen molar-refractivity contribution in [2.75, 3.05) is 45.9 Å². The molecule has 1 aromatic carbocycles. The summed E-state index contributed by atoms with van der Waals surface area (Å²) in [6.07, 6.45) is 3.39. The molecule has 1 aliphatic heterocycles. The topological polar surface area (TPSA) is 55.8 Å². The molecule has 1 aliphatic rings. The minimum Gasteiger partial charge on any atom is -0.493 e. The number of hydrogen-bond acceptors (Lipinski definition) is 5. The van der Waals surface area contributed by atoms with Crippen molar-refractivity contribution >= 4 is 9.84 Å². The lowest BCUT2D eigenvalue weighted by atomic mass is 9.98. The summed E-state index contributed by atoms with van der Waals surface area (Å²) in [5, 5.41) is 0. The van der Waals surface area contributed by atoms with E-state index in [9.17, 15) is 8.42 Å². The molecule has 1 saturated heterocycles. The van der Waals surface area contributed by atoms with E-state index in [-0.39, 0.29) is 5.75 Å². The van der Waals surface area contributed by atoms with Crippen LogP contribution in [0.15, 0.2) is 18.2 Å². The number of hydrogen-bond donors (Lipinski definition) is 0. The number of sulfone groups is 1. The van der Waals surface area contributed by atoms with E-state index in [2.05, 4.69) is 11.0 Å². The van der Waals surface area contributed by atoms with Gasteiger partial charge in [0.15, 0.2) is 11.5 Å². The van der Waals surface area contributed by atoms with Crippen molar-refractivity contribution in [2.24, 2.45) is 5.92 Å². The lowest BCUT2D eigenvalue weighted by Crippen LogP contribution is -2.27. The standard InChI is InChI=1S/C16H25NO4S/c1-20-15-5-4-13(11-16(15)21-2)10-14-6-7-17(12-14)8-9-22(3,18)19/h4-5,11,14H,6-10,12H2,1-3H3. The molecule has 22 heavy (non-hydrogen) atoms. The van der Waals surface area contributed by atoms with Crippen LogP contribution in [0.4, 0.5) is 0 Å². The normalized spacial score (nSPS) is 19.3. The van der Waals surface area contributed by atoms with Crippen molar-refractivity contribution < 1.29 is 17.9 Å². The van der Waals surface area contributed by atoms with Gasteiger partial charge in [-0.2, -0.15) is 0 Å². The van der Waals surface area contributed by atoms with Crippen LogP contribution in [0.2, 0.25) is 0 Å². The van der Waals surface area contributed by atoms with Crippen LogP contribution in [0, 0.1) is 5.92 Å². The first-order chi connectivity index (χ1) is 10.4. The monoisotopic (exact) mass is 327 g/mol. The Morgan fingerprint density at radius 1 is 1.23 bits per heavy atom. The molecule has 1 aromatic rings. The molecule has 0 radical (unpaired) electrons. The smallest absolute Gasteiger partial charge is 0.160 e. The highest BCUT2D eigenvalue weighted by atomic mass is 32.2. The SMILES string of the molecule is COc1ccc(CC2CCN(CCS(C)(=O)=O)C2)cc1OC. The molecule has 0 spiro atoms. The van der Waals surface area contributed by atoms with Gasteiger partial charge in [-0.1, -0.05) is 6.07 Å². The summed E-state index contributed by atoms with van der Waals surface area (Å²) in [6, 6.07) is 6.03. The Labute approximate surface area is 133 Å². The second kappa shape index (κ2) is 7.33. The molecular formula is C16H25NO4S. The molecule has 5 nitrogen and oxygen atoms in total. The summed E-state index contributed by atoms with van der Waals surface area (Å²) in [7, 11) is 0.399. The van der Waals surface area contributed by atoms with Crippen molar-refractivity contribution in [3.63, 3.8) is 0 Å². The average molecular weight is 327 g/mol. The molecule has 1 atom stereocenters. The summed E-state index contributed by atoms with van der Waals surface area (Å²) in [4.78, 5) is 2.24. The second-order valence-corrected chi connectivity index (χ2v) is 8.24. The van der Waals surface area contributed by atoms with Gasteiger partial charge in [-0.05, 0) is 43.0 Å². The highest BCUT2D eigenvalue weighted by Crippen LogP contribution is 2.29. The van der Waals surface area contributed by atoms with Gasteiger partial charge in [0.2, 0.25) is 0 Å². The Hall–Kier alpha value is -1.27. The molecule has 0 aliphatic carbocycles. The number of methoxy groups -OCH3 is 2. The van der Waals surface area contributed by atoms with Crippen LogP contribution in [0.25, 0.3) is 0 Å². The maximum absolute atomic E-state index is 11.2. The van der Waals surface area contributed by atoms with Gasteiger partial charge in [-0.25, -0.2) is 8.42 Å². The fourth-order valence-corrected chi connectivity index (χ4v) is 3.51. The van der Waals surface area contributed by atoms with Crippen molar-refractivity contribution in [3.05, 3.63) is 23.8 Å². The molecular weight excluding hydrogens is 302 g/mol. The quantitative estimate of drug-likeness (QED) is 0.761. The van der Waals surface area contributed by atoms with Crippen molar-refractivity contribution in [2.45, 2.75) is 12.8 Å². The summed E-state index contributed by atoms with van der Waals surface area (Å²) in [6.45, 7) is 2.58. The molecule has 124 valence electrons. The van der Waals surface area contributed by atoms with Crippen molar-refractivity contribution in [1.82, 2.24) is 4.90 Å². The zero-order chi connectivity index (χ0) is 16.2. The maximum atomic E-state index is 11.2. The Bertz CT molecular complexity index is 600. The summed E-state index contributed by atoms with van der Waals surface area (Å²) in [5.41, 5.74) is 1.23. The van der Waals surface area contributed by atoms with Crippen molar-refractivity contribution in [1.29, 1.82) is 0 Å². The first-order valence-corrected chi connectivity index (χ1v) is 9.58. The highest BCUT2D eigenvalue weighted by Gasteiger charge is 2.23. The van der Waals surface area contributed by atoms with E-state index < -0.39 is 9.84 Å². The van der Waals surface area contributed by atoms with Crippen LogP contribution >= 0.6 is 0 Å². The summed E-state index contributed by atoms with van der Waals surface area (Å²) >= 11 is 0. The van der Waals surface area contributed by atoms with E-state index in [1.165, 1.54) is 11.8 Å². The largest absolute Gasteiger partial charge is 0.493 e. The molecule has 0 N–H and O–H groups in total. The third kappa shape index (κ3) is 4.88. The van der Waals surface area contributed by atoms with Gasteiger partial charge in [0, 0.05) is 19.3 Å². The van der Waals surface area contributed by atoms with Gasteiger partial charge in [0.1, 0.15) is 9.84 Å². The number of ether oxygens (including phenoxy) is 2. The highest BCUT2D eigenvalue weighted by molar-refractivity contribution is 7.90. The Balaban J connectivity index is 1.90. The maximum Gasteiger partial charge on any atom is 0.160 e. The third-order valence-corrected chi connectivity index (χ3v) is 5.04. The lowest BCUT2D eigenvalue weighted by Gasteiger charge is -2.16. The lowest BCUT2D eigenvalue weighted by molar-refractivity contribution is 0.341. The van der Waals surface area contributed by atoms with Crippen LogP contribution in [0.5, 0.6) is 11.5 Å². The van der Waals surface area contributed by atoms with Crippen LogP contribution in [0.1, 0.15) is 12.0 Å². The molecule has 2 rings (SSSR count). The second-order valence-electron chi connectivity index (χ2n) is 5.98. The number of nitrogens with zero attached hydrogens (tertiary/aromatic N) is 1. The molecule has 0 aromatic heterocycles. The van der Waals surface area contributed by atoms with E-state index in [1.54, 1.807) is 14.2 Å². The zero-order valence-corrected chi connectivity index (χ0v) is 14.4. The van der Waals surface area contributed by atoms with Gasteiger partial charge in [0.25, 0.3) is 0 Å². The molecule has 1 fully saturated rings. The van der Waals surface area contributed by atoms with Gasteiger partial charge in [0.05, 0.1) is 20.0 Å². The predicted octanol–water partition coefficient (Wildman–Crippen LogP) is 1.61. The van der Waals surface area contributed by atoms with E-state index in [0.717, 1.165) is 37.4 Å². The van der Waals surface area contributed by atoms with E-state index >= 15 is 0 Å². The molecule has 1 heterocycles. The first kappa shape index (κ1) is 17.1. The van der Waals surface area contributed by atoms with Gasteiger partial charge >= 0.3 is 0 Å². The van der Waals surface area contributed by atoms with E-state index in [4.69, 9.17) is 9.47 Å². The van der Waals surface area contributed by atoms with Crippen LogP contribution < -0.4 is 9.47 Å².